The molecular formula is C16H23N3O7S2. The Labute approximate surface area is 164 Å². The first kappa shape index (κ1) is 22.1. The molecule has 0 unspecified atom stereocenters. The van der Waals surface area contributed by atoms with E-state index in [1.54, 1.807) is 0 Å². The molecule has 1 saturated heterocycles. The van der Waals surface area contributed by atoms with E-state index >= 15 is 0 Å². The topological polar surface area (TPSA) is 121 Å². The highest BCUT2D eigenvalue weighted by atomic mass is 32.2. The summed E-state index contributed by atoms with van der Waals surface area (Å²) in [4.78, 5) is 25.5. The van der Waals surface area contributed by atoms with E-state index in [1.165, 1.54) is 40.6 Å². The molecule has 0 aliphatic carbocycles. The highest BCUT2D eigenvalue weighted by Crippen LogP contribution is 2.19. The van der Waals surface area contributed by atoms with Gasteiger partial charge in [0.05, 0.1) is 30.9 Å². The highest BCUT2D eigenvalue weighted by molar-refractivity contribution is 7.92. The lowest BCUT2D eigenvalue weighted by Gasteiger charge is -2.34. The van der Waals surface area contributed by atoms with Gasteiger partial charge in [0.15, 0.2) is 0 Å². The summed E-state index contributed by atoms with van der Waals surface area (Å²) in [7, 11) is -5.85. The minimum Gasteiger partial charge on any atom is -0.465 e. The number of benzene rings is 1. The zero-order chi connectivity index (χ0) is 21.1. The van der Waals surface area contributed by atoms with Crippen molar-refractivity contribution >= 4 is 37.6 Å². The van der Waals surface area contributed by atoms with Crippen molar-refractivity contribution in [1.82, 2.24) is 9.21 Å². The minimum absolute atomic E-state index is 0.164. The molecule has 1 aliphatic heterocycles. The summed E-state index contributed by atoms with van der Waals surface area (Å²) < 4.78 is 54.3. The van der Waals surface area contributed by atoms with E-state index in [2.05, 4.69) is 4.74 Å². The summed E-state index contributed by atoms with van der Waals surface area (Å²) in [5.41, 5.74) is 0.487. The lowest BCUT2D eigenvalue weighted by Crippen LogP contribution is -2.52. The monoisotopic (exact) mass is 433 g/mol. The van der Waals surface area contributed by atoms with Crippen LogP contribution in [0.15, 0.2) is 24.3 Å². The second-order valence-corrected chi connectivity index (χ2v) is 10.2. The maximum Gasteiger partial charge on any atom is 0.337 e. The predicted octanol–water partition coefficient (Wildman–Crippen LogP) is -0.657. The molecule has 0 spiro atoms. The van der Waals surface area contributed by atoms with Crippen LogP contribution in [0.2, 0.25) is 0 Å². The molecular weight excluding hydrogens is 410 g/mol. The molecule has 1 aromatic carbocycles. The highest BCUT2D eigenvalue weighted by Gasteiger charge is 2.29. The van der Waals surface area contributed by atoms with E-state index in [-0.39, 0.29) is 37.4 Å². The Morgan fingerprint density at radius 3 is 1.96 bits per heavy atom. The quantitative estimate of drug-likeness (QED) is 0.546. The molecule has 0 atom stereocenters. The van der Waals surface area contributed by atoms with Crippen LogP contribution in [0.4, 0.5) is 5.69 Å². The second-order valence-electron chi connectivity index (χ2n) is 6.35. The van der Waals surface area contributed by atoms with Crippen LogP contribution in [0.25, 0.3) is 0 Å². The van der Waals surface area contributed by atoms with Gasteiger partial charge < -0.3 is 9.64 Å². The molecule has 1 aromatic rings. The van der Waals surface area contributed by atoms with E-state index < -0.39 is 38.5 Å². The molecule has 1 aliphatic rings. The molecule has 28 heavy (non-hydrogen) atoms. The maximum atomic E-state index is 12.6. The van der Waals surface area contributed by atoms with Crippen LogP contribution in [0, 0.1) is 0 Å². The number of amides is 1. The van der Waals surface area contributed by atoms with Gasteiger partial charge >= 0.3 is 5.97 Å². The smallest absolute Gasteiger partial charge is 0.337 e. The average Bonchev–Trinajstić information content (AvgIpc) is 2.64. The van der Waals surface area contributed by atoms with E-state index in [1.807, 2.05) is 0 Å². The number of hydrogen-bond acceptors (Lipinski definition) is 7. The van der Waals surface area contributed by atoms with Crippen LogP contribution < -0.4 is 4.31 Å². The second kappa shape index (κ2) is 8.45. The fourth-order valence-electron chi connectivity index (χ4n) is 2.77. The average molecular weight is 434 g/mol. The first-order valence-electron chi connectivity index (χ1n) is 8.32. The summed E-state index contributed by atoms with van der Waals surface area (Å²) in [5.74, 6) is -0.993. The summed E-state index contributed by atoms with van der Waals surface area (Å²) >= 11 is 0. The lowest BCUT2D eigenvalue weighted by atomic mass is 10.2. The Hall–Kier alpha value is -2.18. The summed E-state index contributed by atoms with van der Waals surface area (Å²) in [6, 6.07) is 5.66. The Bertz CT molecular complexity index is 935. The SMILES string of the molecule is COC(=O)c1ccc(N(CC(=O)N2CCN(S(C)(=O)=O)CC2)S(C)(=O)=O)cc1. The van der Waals surface area contributed by atoms with Crippen molar-refractivity contribution in [3.05, 3.63) is 29.8 Å². The Kier molecular flexibility index (Phi) is 6.67. The van der Waals surface area contributed by atoms with Crippen molar-refractivity contribution in [1.29, 1.82) is 0 Å². The van der Waals surface area contributed by atoms with Gasteiger partial charge in [-0.2, -0.15) is 4.31 Å². The zero-order valence-electron chi connectivity index (χ0n) is 15.9. The Balaban J connectivity index is 2.13. The summed E-state index contributed by atoms with van der Waals surface area (Å²) in [6.07, 6.45) is 2.09. The summed E-state index contributed by atoms with van der Waals surface area (Å²) in [6.45, 7) is 0.277. The van der Waals surface area contributed by atoms with Crippen molar-refractivity contribution < 1.29 is 31.2 Å². The number of piperazine rings is 1. The predicted molar refractivity (Wildman–Crippen MR) is 103 cm³/mol. The molecule has 2 rings (SSSR count). The maximum absolute atomic E-state index is 12.6. The molecule has 1 amide bonds. The van der Waals surface area contributed by atoms with Crippen molar-refractivity contribution in [2.45, 2.75) is 0 Å². The molecule has 0 bridgehead atoms. The molecule has 1 fully saturated rings. The number of carbonyl (C=O) groups is 2. The number of methoxy groups -OCH3 is 1. The van der Waals surface area contributed by atoms with Crippen LogP contribution in [-0.2, 0) is 29.6 Å². The third kappa shape index (κ3) is 5.42. The first-order valence-corrected chi connectivity index (χ1v) is 12.0. The largest absolute Gasteiger partial charge is 0.465 e. The third-order valence-corrected chi connectivity index (χ3v) is 6.76. The van der Waals surface area contributed by atoms with Gasteiger partial charge in [0.2, 0.25) is 26.0 Å². The Morgan fingerprint density at radius 1 is 1.00 bits per heavy atom. The first-order chi connectivity index (χ1) is 12.9. The van der Waals surface area contributed by atoms with E-state index in [0.29, 0.717) is 0 Å². The lowest BCUT2D eigenvalue weighted by molar-refractivity contribution is -0.130. The number of hydrogen-bond donors (Lipinski definition) is 0. The molecule has 156 valence electrons. The van der Waals surface area contributed by atoms with Gasteiger partial charge in [0.1, 0.15) is 6.54 Å². The summed E-state index contributed by atoms with van der Waals surface area (Å²) in [5, 5.41) is 0. The van der Waals surface area contributed by atoms with E-state index in [0.717, 1.165) is 16.8 Å². The number of ether oxygens (including phenoxy) is 1. The van der Waals surface area contributed by atoms with Crippen molar-refractivity contribution in [2.24, 2.45) is 0 Å². The van der Waals surface area contributed by atoms with Crippen LogP contribution in [-0.4, -0.2) is 90.3 Å². The fourth-order valence-corrected chi connectivity index (χ4v) is 4.45. The fraction of sp³-hybridized carbons (Fsp3) is 0.500. The number of carbonyl (C=O) groups excluding carboxylic acids is 2. The van der Waals surface area contributed by atoms with Gasteiger partial charge in [-0.3, -0.25) is 9.10 Å². The van der Waals surface area contributed by atoms with Crippen LogP contribution >= 0.6 is 0 Å². The number of anilines is 1. The van der Waals surface area contributed by atoms with Crippen molar-refractivity contribution in [3.63, 3.8) is 0 Å². The van der Waals surface area contributed by atoms with Gasteiger partial charge in [-0.25, -0.2) is 21.6 Å². The van der Waals surface area contributed by atoms with Crippen LogP contribution in [0.3, 0.4) is 0 Å². The molecule has 1 heterocycles. The number of sulfonamides is 2. The molecule has 10 nitrogen and oxygen atoms in total. The number of rotatable bonds is 6. The van der Waals surface area contributed by atoms with Crippen molar-refractivity contribution in [2.75, 3.05) is 56.7 Å². The standard InChI is InChI=1S/C16H23N3O7S2/c1-26-16(21)13-4-6-14(7-5-13)19(28(3,24)25)12-15(20)17-8-10-18(11-9-17)27(2,22)23/h4-7H,8-12H2,1-3H3. The third-order valence-electron chi connectivity index (χ3n) is 4.32. The minimum atomic E-state index is -3.76. The molecule has 0 saturated carbocycles. The molecule has 0 aromatic heterocycles. The zero-order valence-corrected chi connectivity index (χ0v) is 17.5. The van der Waals surface area contributed by atoms with E-state index in [4.69, 9.17) is 0 Å². The molecule has 0 radical (unpaired) electrons. The number of nitrogens with zero attached hydrogens (tertiary/aromatic N) is 3. The molecule has 12 heteroatoms. The van der Waals surface area contributed by atoms with E-state index in [9.17, 15) is 26.4 Å². The Morgan fingerprint density at radius 2 is 1.54 bits per heavy atom. The normalized spacial score (nSPS) is 15.9. The van der Waals surface area contributed by atoms with Crippen LogP contribution in [0.5, 0.6) is 0 Å². The number of esters is 1. The van der Waals surface area contributed by atoms with Gasteiger partial charge in [0.25, 0.3) is 0 Å². The van der Waals surface area contributed by atoms with Gasteiger partial charge in [-0.05, 0) is 24.3 Å². The molecule has 0 N–H and O–H groups in total. The van der Waals surface area contributed by atoms with Gasteiger partial charge in [0, 0.05) is 26.2 Å². The van der Waals surface area contributed by atoms with Gasteiger partial charge in [-0.1, -0.05) is 0 Å². The van der Waals surface area contributed by atoms with Crippen molar-refractivity contribution in [3.8, 4) is 0 Å². The van der Waals surface area contributed by atoms with Gasteiger partial charge in [-0.15, -0.1) is 0 Å². The van der Waals surface area contributed by atoms with Crippen LogP contribution in [0.1, 0.15) is 10.4 Å².